The molecular weight excluding hydrogens is 214 g/mol. The fraction of sp³-hybridized carbons (Fsp3) is 0.571. The Morgan fingerprint density at radius 3 is 2.41 bits per heavy atom. The van der Waals surface area contributed by atoms with Gasteiger partial charge in [-0.05, 0) is 44.4 Å². The number of rotatable bonds is 1. The van der Waals surface area contributed by atoms with E-state index in [-0.39, 0.29) is 11.3 Å². The molecule has 1 spiro atoms. The van der Waals surface area contributed by atoms with Gasteiger partial charge in [0.2, 0.25) is 0 Å². The van der Waals surface area contributed by atoms with Crippen LogP contribution in [-0.4, -0.2) is 5.79 Å². The molecule has 0 saturated heterocycles. The van der Waals surface area contributed by atoms with Gasteiger partial charge in [-0.25, -0.2) is 0 Å². The number of fused-ring (bicyclic) bond motifs is 1. The van der Waals surface area contributed by atoms with Gasteiger partial charge in [0.05, 0.1) is 0 Å². The molecule has 3 rings (SSSR count). The fourth-order valence-electron chi connectivity index (χ4n) is 2.61. The van der Waals surface area contributed by atoms with E-state index in [0.717, 1.165) is 29.9 Å². The summed E-state index contributed by atoms with van der Waals surface area (Å²) in [6, 6.07) is 6.02. The van der Waals surface area contributed by atoms with Crippen LogP contribution in [-0.2, 0) is 5.54 Å². The summed E-state index contributed by atoms with van der Waals surface area (Å²) in [5.74, 6) is 1.34. The third-order valence-electron chi connectivity index (χ3n) is 3.65. The lowest BCUT2D eigenvalue weighted by atomic mass is 9.95. The maximum Gasteiger partial charge on any atom is 0.251 e. The van der Waals surface area contributed by atoms with Crippen LogP contribution in [0.4, 0.5) is 0 Å². The van der Waals surface area contributed by atoms with Crippen LogP contribution < -0.4 is 15.2 Å². The van der Waals surface area contributed by atoms with Gasteiger partial charge in [0.1, 0.15) is 0 Å². The van der Waals surface area contributed by atoms with Crippen LogP contribution in [0.3, 0.4) is 0 Å². The first-order valence-corrected chi connectivity index (χ1v) is 6.30. The number of hydrogen-bond donors (Lipinski definition) is 1. The molecule has 0 unspecified atom stereocenters. The lowest BCUT2D eigenvalue weighted by molar-refractivity contribution is -0.0716. The maximum absolute atomic E-state index is 6.10. The van der Waals surface area contributed by atoms with Crippen LogP contribution >= 0.6 is 0 Å². The van der Waals surface area contributed by atoms with Gasteiger partial charge in [-0.1, -0.05) is 6.07 Å². The van der Waals surface area contributed by atoms with Crippen LogP contribution in [0, 0.1) is 0 Å². The predicted molar refractivity (Wildman–Crippen MR) is 66.1 cm³/mol. The molecule has 0 aromatic heterocycles. The quantitative estimate of drug-likeness (QED) is 0.811. The zero-order valence-electron chi connectivity index (χ0n) is 10.5. The molecule has 0 bridgehead atoms. The summed E-state index contributed by atoms with van der Waals surface area (Å²) in [6.07, 6.45) is 4.35. The zero-order valence-corrected chi connectivity index (χ0v) is 10.5. The molecule has 17 heavy (non-hydrogen) atoms. The minimum absolute atomic E-state index is 0.343. The van der Waals surface area contributed by atoms with Crippen molar-refractivity contribution >= 4 is 0 Å². The summed E-state index contributed by atoms with van der Waals surface area (Å²) in [5, 5.41) is 0. The molecule has 2 N–H and O–H groups in total. The van der Waals surface area contributed by atoms with Crippen molar-refractivity contribution in [1.29, 1.82) is 0 Å². The number of nitrogens with two attached hydrogens (primary N) is 1. The normalized spacial score (nSPS) is 21.1. The van der Waals surface area contributed by atoms with E-state index in [1.807, 2.05) is 32.0 Å². The Kier molecular flexibility index (Phi) is 2.17. The summed E-state index contributed by atoms with van der Waals surface area (Å²) < 4.78 is 12.0. The number of hydrogen-bond acceptors (Lipinski definition) is 3. The molecule has 0 amide bonds. The maximum atomic E-state index is 6.10. The lowest BCUT2D eigenvalue weighted by Gasteiger charge is -2.21. The van der Waals surface area contributed by atoms with Gasteiger partial charge in [0.15, 0.2) is 11.5 Å². The Morgan fingerprint density at radius 1 is 1.12 bits per heavy atom. The zero-order chi connectivity index (χ0) is 12.1. The summed E-state index contributed by atoms with van der Waals surface area (Å²) in [7, 11) is 0. The van der Waals surface area contributed by atoms with E-state index in [4.69, 9.17) is 15.2 Å². The van der Waals surface area contributed by atoms with Gasteiger partial charge in [-0.15, -0.1) is 0 Å². The Morgan fingerprint density at radius 2 is 1.76 bits per heavy atom. The van der Waals surface area contributed by atoms with Crippen molar-refractivity contribution in [2.75, 3.05) is 0 Å². The van der Waals surface area contributed by atoms with E-state index in [1.54, 1.807) is 0 Å². The molecule has 1 heterocycles. The third kappa shape index (κ3) is 1.78. The first-order valence-electron chi connectivity index (χ1n) is 6.30. The topological polar surface area (TPSA) is 44.5 Å². The molecule has 3 heteroatoms. The first kappa shape index (κ1) is 10.9. The summed E-state index contributed by atoms with van der Waals surface area (Å²) in [6.45, 7) is 3.99. The molecule has 1 fully saturated rings. The Balaban J connectivity index is 1.93. The largest absolute Gasteiger partial charge is 0.448 e. The molecule has 92 valence electrons. The Hall–Kier alpha value is -1.22. The second kappa shape index (κ2) is 3.39. The number of benzene rings is 1. The first-order chi connectivity index (χ1) is 7.99. The van der Waals surface area contributed by atoms with E-state index in [2.05, 4.69) is 0 Å². The van der Waals surface area contributed by atoms with Crippen molar-refractivity contribution in [2.45, 2.75) is 50.9 Å². The van der Waals surface area contributed by atoms with E-state index >= 15 is 0 Å². The molecule has 3 nitrogen and oxygen atoms in total. The highest BCUT2D eigenvalue weighted by molar-refractivity contribution is 5.47. The van der Waals surface area contributed by atoms with Crippen molar-refractivity contribution in [3.63, 3.8) is 0 Å². The monoisotopic (exact) mass is 233 g/mol. The van der Waals surface area contributed by atoms with Gasteiger partial charge in [-0.2, -0.15) is 0 Å². The Labute approximate surface area is 102 Å². The standard InChI is InChI=1S/C14H19NO2/c1-13(2,15)10-5-6-11-12(9-10)17-14(16-11)7-3-4-8-14/h5-6,9H,3-4,7-8,15H2,1-2H3. The van der Waals surface area contributed by atoms with E-state index in [9.17, 15) is 0 Å². The second-order valence-corrected chi connectivity index (χ2v) is 5.71. The van der Waals surface area contributed by atoms with Crippen LogP contribution in [0.1, 0.15) is 45.1 Å². The molecule has 0 radical (unpaired) electrons. The second-order valence-electron chi connectivity index (χ2n) is 5.71. The predicted octanol–water partition coefficient (Wildman–Crippen LogP) is 2.92. The van der Waals surface area contributed by atoms with E-state index in [0.29, 0.717) is 0 Å². The molecule has 1 saturated carbocycles. The van der Waals surface area contributed by atoms with Crippen LogP contribution in [0.5, 0.6) is 11.5 Å². The Bertz CT molecular complexity index is 442. The SMILES string of the molecule is CC(C)(N)c1ccc2c(c1)OC1(CCCC1)O2. The minimum Gasteiger partial charge on any atom is -0.448 e. The molecule has 1 aromatic carbocycles. The van der Waals surface area contributed by atoms with E-state index < -0.39 is 0 Å². The fourth-order valence-corrected chi connectivity index (χ4v) is 2.61. The van der Waals surface area contributed by atoms with Crippen molar-refractivity contribution < 1.29 is 9.47 Å². The summed E-state index contributed by atoms with van der Waals surface area (Å²) in [5.41, 5.74) is 6.83. The highest BCUT2D eigenvalue weighted by Gasteiger charge is 2.44. The molecule has 1 aliphatic carbocycles. The summed E-state index contributed by atoms with van der Waals surface area (Å²) in [4.78, 5) is 0. The van der Waals surface area contributed by atoms with Crippen LogP contribution in [0.2, 0.25) is 0 Å². The molecular formula is C14H19NO2. The molecule has 2 aliphatic rings. The van der Waals surface area contributed by atoms with Crippen molar-refractivity contribution in [1.82, 2.24) is 0 Å². The van der Waals surface area contributed by atoms with Gasteiger partial charge >= 0.3 is 0 Å². The van der Waals surface area contributed by atoms with Gasteiger partial charge in [0.25, 0.3) is 5.79 Å². The van der Waals surface area contributed by atoms with E-state index in [1.165, 1.54) is 12.8 Å². The van der Waals surface area contributed by atoms with Crippen molar-refractivity contribution in [3.8, 4) is 11.5 Å². The lowest BCUT2D eigenvalue weighted by Crippen LogP contribution is -2.34. The van der Waals surface area contributed by atoms with Gasteiger partial charge in [0, 0.05) is 18.4 Å². The minimum atomic E-state index is -0.375. The molecule has 0 atom stereocenters. The average molecular weight is 233 g/mol. The number of ether oxygens (including phenoxy) is 2. The highest BCUT2D eigenvalue weighted by atomic mass is 16.7. The molecule has 1 aromatic rings. The van der Waals surface area contributed by atoms with Crippen molar-refractivity contribution in [2.24, 2.45) is 5.73 Å². The molecule has 1 aliphatic heterocycles. The van der Waals surface area contributed by atoms with Crippen LogP contribution in [0.25, 0.3) is 0 Å². The van der Waals surface area contributed by atoms with Gasteiger partial charge in [-0.3, -0.25) is 0 Å². The van der Waals surface area contributed by atoms with Crippen molar-refractivity contribution in [3.05, 3.63) is 23.8 Å². The summed E-state index contributed by atoms with van der Waals surface area (Å²) >= 11 is 0. The average Bonchev–Trinajstić information content (AvgIpc) is 2.82. The highest BCUT2D eigenvalue weighted by Crippen LogP contribution is 2.47. The van der Waals surface area contributed by atoms with Crippen LogP contribution in [0.15, 0.2) is 18.2 Å². The van der Waals surface area contributed by atoms with Gasteiger partial charge < -0.3 is 15.2 Å². The smallest absolute Gasteiger partial charge is 0.251 e. The third-order valence-corrected chi connectivity index (χ3v) is 3.65.